The number of hydrogen-bond acceptors (Lipinski definition) is 3. The van der Waals surface area contributed by atoms with Crippen molar-refractivity contribution >= 4 is 27.7 Å². The fourth-order valence-electron chi connectivity index (χ4n) is 1.92. The van der Waals surface area contributed by atoms with Crippen LogP contribution in [-0.4, -0.2) is 42.5 Å². The second-order valence-corrected chi connectivity index (χ2v) is 5.16. The van der Waals surface area contributed by atoms with Crippen LogP contribution in [-0.2, 0) is 4.79 Å². The summed E-state index contributed by atoms with van der Waals surface area (Å²) in [4.78, 5) is 19.8. The Kier molecular flexibility index (Phi) is 3.99. The van der Waals surface area contributed by atoms with Crippen molar-refractivity contribution in [1.29, 1.82) is 0 Å². The minimum atomic E-state index is 0.280. The second-order valence-electron chi connectivity index (χ2n) is 4.24. The van der Waals surface area contributed by atoms with Gasteiger partial charge in [-0.1, -0.05) is 0 Å². The number of carbonyl (C=O) groups is 1. The first-order valence-electron chi connectivity index (χ1n) is 5.77. The molecule has 1 aliphatic heterocycles. The van der Waals surface area contributed by atoms with E-state index in [2.05, 4.69) is 25.8 Å². The van der Waals surface area contributed by atoms with Crippen LogP contribution in [0, 0.1) is 0 Å². The van der Waals surface area contributed by atoms with Gasteiger partial charge in [0.15, 0.2) is 0 Å². The highest BCUT2D eigenvalue weighted by molar-refractivity contribution is 9.10. The highest BCUT2D eigenvalue weighted by Crippen LogP contribution is 2.14. The Labute approximate surface area is 110 Å². The van der Waals surface area contributed by atoms with E-state index in [1.165, 1.54) is 0 Å². The quantitative estimate of drug-likeness (QED) is 0.852. The number of rotatable bonds is 4. The molecule has 0 N–H and O–H groups in total. The van der Waals surface area contributed by atoms with Crippen LogP contribution in [0.3, 0.4) is 0 Å². The van der Waals surface area contributed by atoms with Gasteiger partial charge in [0.1, 0.15) is 5.82 Å². The van der Waals surface area contributed by atoms with E-state index in [1.807, 2.05) is 24.1 Å². The molecule has 2 rings (SSSR count). The lowest BCUT2D eigenvalue weighted by Crippen LogP contribution is -2.34. The number of carbonyl (C=O) groups excluding carboxylic acids is 1. The van der Waals surface area contributed by atoms with Crippen LogP contribution in [0.2, 0.25) is 0 Å². The maximum absolute atomic E-state index is 11.5. The number of halogens is 1. The Bertz CT molecular complexity index is 393. The van der Waals surface area contributed by atoms with Gasteiger partial charge in [0.25, 0.3) is 0 Å². The van der Waals surface area contributed by atoms with Crippen molar-refractivity contribution in [3.05, 3.63) is 22.8 Å². The fraction of sp³-hybridized carbons (Fsp3) is 0.500. The highest BCUT2D eigenvalue weighted by atomic mass is 79.9. The maximum atomic E-state index is 11.5. The number of aromatic nitrogens is 1. The molecule has 0 radical (unpaired) electrons. The predicted octanol–water partition coefficient (Wildman–Crippen LogP) is 1.90. The van der Waals surface area contributed by atoms with Gasteiger partial charge in [-0.05, 0) is 34.5 Å². The molecule has 1 amide bonds. The van der Waals surface area contributed by atoms with Crippen LogP contribution in [0.5, 0.6) is 0 Å². The smallest absolute Gasteiger partial charge is 0.222 e. The van der Waals surface area contributed by atoms with E-state index in [9.17, 15) is 4.79 Å². The monoisotopic (exact) mass is 297 g/mol. The Morgan fingerprint density at radius 1 is 1.53 bits per heavy atom. The molecule has 1 aliphatic rings. The zero-order chi connectivity index (χ0) is 12.3. The number of hydrogen-bond donors (Lipinski definition) is 0. The zero-order valence-electron chi connectivity index (χ0n) is 9.90. The SMILES string of the molecule is CN(CCN1CCCC1=O)c1ccc(Br)cn1. The van der Waals surface area contributed by atoms with Gasteiger partial charge in [-0.15, -0.1) is 0 Å². The molecule has 0 bridgehead atoms. The maximum Gasteiger partial charge on any atom is 0.222 e. The van der Waals surface area contributed by atoms with E-state index in [1.54, 1.807) is 6.20 Å². The summed E-state index contributed by atoms with van der Waals surface area (Å²) in [6, 6.07) is 3.94. The van der Waals surface area contributed by atoms with Gasteiger partial charge in [0, 0.05) is 43.8 Å². The van der Waals surface area contributed by atoms with Crippen LogP contribution >= 0.6 is 15.9 Å². The minimum absolute atomic E-state index is 0.280. The molecule has 92 valence electrons. The van der Waals surface area contributed by atoms with Gasteiger partial charge in [0.05, 0.1) is 0 Å². The van der Waals surface area contributed by atoms with Crippen molar-refractivity contribution in [3.63, 3.8) is 0 Å². The predicted molar refractivity (Wildman–Crippen MR) is 71.0 cm³/mol. The number of nitrogens with zero attached hydrogens (tertiary/aromatic N) is 3. The highest BCUT2D eigenvalue weighted by Gasteiger charge is 2.19. The van der Waals surface area contributed by atoms with Crippen LogP contribution in [0.4, 0.5) is 5.82 Å². The average molecular weight is 298 g/mol. The van der Waals surface area contributed by atoms with Gasteiger partial charge in [-0.2, -0.15) is 0 Å². The van der Waals surface area contributed by atoms with Crippen molar-refractivity contribution in [2.45, 2.75) is 12.8 Å². The molecule has 0 aromatic carbocycles. The van der Waals surface area contributed by atoms with E-state index in [4.69, 9.17) is 0 Å². The Hall–Kier alpha value is -1.10. The molecule has 17 heavy (non-hydrogen) atoms. The summed E-state index contributed by atoms with van der Waals surface area (Å²) in [6.07, 6.45) is 3.49. The summed E-state index contributed by atoms with van der Waals surface area (Å²) in [5.74, 6) is 1.21. The van der Waals surface area contributed by atoms with E-state index in [0.29, 0.717) is 6.42 Å². The third-order valence-corrected chi connectivity index (χ3v) is 3.45. The molecule has 1 fully saturated rings. The van der Waals surface area contributed by atoms with Crippen LogP contribution in [0.1, 0.15) is 12.8 Å². The third-order valence-electron chi connectivity index (χ3n) is 2.98. The summed E-state index contributed by atoms with van der Waals surface area (Å²) in [7, 11) is 2.00. The van der Waals surface area contributed by atoms with Crippen molar-refractivity contribution in [2.24, 2.45) is 0 Å². The van der Waals surface area contributed by atoms with Crippen molar-refractivity contribution in [1.82, 2.24) is 9.88 Å². The molecule has 0 atom stereocenters. The van der Waals surface area contributed by atoms with Crippen molar-refractivity contribution < 1.29 is 4.79 Å². The van der Waals surface area contributed by atoms with Gasteiger partial charge >= 0.3 is 0 Å². The summed E-state index contributed by atoms with van der Waals surface area (Å²) in [6.45, 7) is 2.51. The number of anilines is 1. The van der Waals surface area contributed by atoms with Gasteiger partial charge in [0.2, 0.25) is 5.91 Å². The number of likely N-dealkylation sites (tertiary alicyclic amines) is 1. The molecule has 0 saturated carbocycles. The molecule has 1 aromatic rings. The van der Waals surface area contributed by atoms with Crippen LogP contribution < -0.4 is 4.90 Å². The molecule has 1 aromatic heterocycles. The van der Waals surface area contributed by atoms with Gasteiger partial charge in [-0.25, -0.2) is 4.98 Å². The Morgan fingerprint density at radius 2 is 2.35 bits per heavy atom. The average Bonchev–Trinajstić information content (AvgIpc) is 2.73. The Morgan fingerprint density at radius 3 is 2.94 bits per heavy atom. The first-order valence-corrected chi connectivity index (χ1v) is 6.56. The largest absolute Gasteiger partial charge is 0.358 e. The standard InChI is InChI=1S/C12H16BrN3O/c1-15(11-5-4-10(13)9-14-11)7-8-16-6-2-3-12(16)17/h4-5,9H,2-3,6-8H2,1H3. The van der Waals surface area contributed by atoms with Gasteiger partial charge in [-0.3, -0.25) is 4.79 Å². The third kappa shape index (κ3) is 3.19. The molecular formula is C12H16BrN3O. The van der Waals surface area contributed by atoms with Crippen LogP contribution in [0.15, 0.2) is 22.8 Å². The normalized spacial score (nSPS) is 15.4. The molecule has 1 saturated heterocycles. The molecule has 0 aliphatic carbocycles. The molecule has 5 heteroatoms. The van der Waals surface area contributed by atoms with Crippen molar-refractivity contribution in [3.8, 4) is 0 Å². The molecule has 0 spiro atoms. The molecule has 0 unspecified atom stereocenters. The van der Waals surface area contributed by atoms with E-state index < -0.39 is 0 Å². The summed E-state index contributed by atoms with van der Waals surface area (Å²) in [5, 5.41) is 0. The summed E-state index contributed by atoms with van der Waals surface area (Å²) in [5.41, 5.74) is 0. The fourth-order valence-corrected chi connectivity index (χ4v) is 2.15. The lowest BCUT2D eigenvalue weighted by Gasteiger charge is -2.22. The molecule has 4 nitrogen and oxygen atoms in total. The van der Waals surface area contributed by atoms with Gasteiger partial charge < -0.3 is 9.80 Å². The minimum Gasteiger partial charge on any atom is -0.358 e. The topological polar surface area (TPSA) is 36.4 Å². The van der Waals surface area contributed by atoms with Crippen molar-refractivity contribution in [2.75, 3.05) is 31.6 Å². The van der Waals surface area contributed by atoms with E-state index >= 15 is 0 Å². The van der Waals surface area contributed by atoms with E-state index in [0.717, 1.165) is 36.3 Å². The number of amides is 1. The van der Waals surface area contributed by atoms with E-state index in [-0.39, 0.29) is 5.91 Å². The Balaban J connectivity index is 1.86. The lowest BCUT2D eigenvalue weighted by atomic mass is 10.4. The first-order chi connectivity index (χ1) is 8.16. The van der Waals surface area contributed by atoms with Crippen LogP contribution in [0.25, 0.3) is 0 Å². The number of likely N-dealkylation sites (N-methyl/N-ethyl adjacent to an activating group) is 1. The second kappa shape index (κ2) is 5.49. The summed E-state index contributed by atoms with van der Waals surface area (Å²) < 4.78 is 0.976. The molecule has 2 heterocycles. The zero-order valence-corrected chi connectivity index (χ0v) is 11.5. The number of pyridine rings is 1. The summed E-state index contributed by atoms with van der Waals surface area (Å²) >= 11 is 3.36. The molecular weight excluding hydrogens is 282 g/mol. The lowest BCUT2D eigenvalue weighted by molar-refractivity contribution is -0.127. The first kappa shape index (κ1) is 12.4.